The number of hydrogen-bond acceptors (Lipinski definition) is 0. The molecule has 0 spiro atoms. The summed E-state index contributed by atoms with van der Waals surface area (Å²) >= 11 is 0. The summed E-state index contributed by atoms with van der Waals surface area (Å²) in [6.45, 7) is 39.1. The van der Waals surface area contributed by atoms with Crippen molar-refractivity contribution in [2.24, 2.45) is 54.1 Å². The Bertz CT molecular complexity index is 6970. The molecule has 0 saturated heterocycles. The summed E-state index contributed by atoms with van der Waals surface area (Å²) in [6, 6.07) is 94.6. The fraction of sp³-hybridized carbons (Fsp3) is 0.291. The van der Waals surface area contributed by atoms with E-state index in [1.54, 1.807) is 0 Å². The van der Waals surface area contributed by atoms with Crippen LogP contribution in [-0.4, -0.2) is 0 Å². The fourth-order valence-electron chi connectivity index (χ4n) is 20.5. The third-order valence-electron chi connectivity index (χ3n) is 26.8. The minimum absolute atomic E-state index is 0.126. The molecule has 16 aromatic rings. The highest BCUT2D eigenvalue weighted by Gasteiger charge is 2.30. The number of benzene rings is 10. The molecule has 6 heteroatoms. The van der Waals surface area contributed by atoms with E-state index in [0.29, 0.717) is 0 Å². The third kappa shape index (κ3) is 23.8. The van der Waals surface area contributed by atoms with E-state index in [-0.39, 0.29) is 11.8 Å². The van der Waals surface area contributed by atoms with Gasteiger partial charge < -0.3 is 0 Å². The van der Waals surface area contributed by atoms with Crippen molar-refractivity contribution in [2.75, 3.05) is 0 Å². The van der Waals surface area contributed by atoms with Crippen LogP contribution in [0.5, 0.6) is 0 Å². The Hall–Kier alpha value is -12.9. The molecule has 0 N–H and O–H groups in total. The maximum absolute atomic E-state index is 8.87. The van der Waals surface area contributed by atoms with Crippen molar-refractivity contribution in [3.63, 3.8) is 0 Å². The highest BCUT2D eigenvalue weighted by molar-refractivity contribution is 5.87. The van der Waals surface area contributed by atoms with Gasteiger partial charge in [0.25, 0.3) is 0 Å². The number of hydrogen-bond donors (Lipinski definition) is 0. The molecule has 2 aliphatic rings. The van der Waals surface area contributed by atoms with Gasteiger partial charge >= 0.3 is 0 Å². The van der Waals surface area contributed by atoms with Gasteiger partial charge in [0.1, 0.15) is 42.3 Å². The normalized spacial score (nSPS) is 13.1. The molecule has 0 aliphatic heterocycles. The van der Waals surface area contributed by atoms with Crippen molar-refractivity contribution in [3.8, 4) is 112 Å². The first-order valence-corrected chi connectivity index (χ1v) is 48.1. The number of aromatic nitrogens is 6. The van der Waals surface area contributed by atoms with Gasteiger partial charge in [-0.3, -0.25) is 0 Å². The zero-order valence-corrected chi connectivity index (χ0v) is 84.1. The molecule has 0 bridgehead atoms. The van der Waals surface area contributed by atoms with Crippen LogP contribution in [0.4, 0.5) is 0 Å². The molecule has 0 amide bonds. The van der Waals surface area contributed by atoms with Gasteiger partial charge in [-0.15, -0.1) is 0 Å². The zero-order chi connectivity index (χ0) is 98.4. The van der Waals surface area contributed by atoms with Gasteiger partial charge in [0.05, 0.1) is 22.3 Å². The average Bonchev–Trinajstić information content (AvgIpc) is 1.33. The van der Waals surface area contributed by atoms with E-state index in [9.17, 15) is 0 Å². The molecular formula is C127H146N6+6. The van der Waals surface area contributed by atoms with E-state index in [2.05, 4.69) is 423 Å². The summed E-state index contributed by atoms with van der Waals surface area (Å²) in [5.74, 6) is 0.263. The smallest absolute Gasteiger partial charge is 0.201 e. The number of pyridine rings is 6. The van der Waals surface area contributed by atoms with Crippen molar-refractivity contribution in [1.29, 1.82) is 0 Å². The van der Waals surface area contributed by atoms with E-state index in [0.717, 1.165) is 85.0 Å². The molecule has 678 valence electrons. The summed E-state index contributed by atoms with van der Waals surface area (Å²) in [6.07, 6.45) is 20.2. The molecular weight excluding hydrogens is 1610 g/mol. The predicted molar refractivity (Wildman–Crippen MR) is 561 cm³/mol. The SMILES string of the molecule is Cc1cc(-c2c(C)cccc2C)c(-c2ccccc2C)[n+](C)c1.Cc1cc(-c2ccccc2C)c(-c2ccccc2C)[n+](C)c1.Cc1cc(C)c(-c2cc(C)c[n+](C)c2-c2ccccc2C)c(C)c1.Cc1ccc(-c2cc(C)c[n+](C)c2-c2ccccc2C)c(C)c1.[2H]C([2H])(c1ccc[n+](C)c1-c1ccccc1C)C1CCCC1.[2H]C([2H])(c1ccc[n+](C)c1-c1ccccc1C)C1CCCCC1. The number of nitrogens with zero attached hydrogens (tertiary/aromatic N) is 6. The average molecular weight is 1760 g/mol. The lowest BCUT2D eigenvalue weighted by atomic mass is 9.83. The molecule has 0 radical (unpaired) electrons. The van der Waals surface area contributed by atoms with E-state index in [4.69, 9.17) is 5.48 Å². The lowest BCUT2D eigenvalue weighted by molar-refractivity contribution is -0.660. The summed E-state index contributed by atoms with van der Waals surface area (Å²) in [5.41, 5.74) is 50.1. The van der Waals surface area contributed by atoms with Crippen molar-refractivity contribution in [3.05, 3.63) is 415 Å². The van der Waals surface area contributed by atoms with E-state index in [1.807, 2.05) is 75.0 Å². The third-order valence-corrected chi connectivity index (χ3v) is 26.8. The van der Waals surface area contributed by atoms with Crippen molar-refractivity contribution in [1.82, 2.24) is 0 Å². The fourth-order valence-corrected chi connectivity index (χ4v) is 20.5. The van der Waals surface area contributed by atoms with Crippen LogP contribution in [0.15, 0.2) is 304 Å². The minimum atomic E-state index is -1.28. The highest BCUT2D eigenvalue weighted by Crippen LogP contribution is 2.42. The lowest BCUT2D eigenvalue weighted by Crippen LogP contribution is -2.32. The van der Waals surface area contributed by atoms with Crippen LogP contribution in [0.2, 0.25) is 0 Å². The van der Waals surface area contributed by atoms with Crippen LogP contribution in [-0.2, 0) is 55.0 Å². The van der Waals surface area contributed by atoms with Gasteiger partial charge in [-0.05, 0) is 311 Å². The zero-order valence-electron chi connectivity index (χ0n) is 88.1. The number of rotatable bonds is 14. The maximum atomic E-state index is 8.87. The molecule has 6 nitrogen and oxygen atoms in total. The van der Waals surface area contributed by atoms with E-state index >= 15 is 0 Å². The van der Waals surface area contributed by atoms with Crippen LogP contribution >= 0.6 is 0 Å². The van der Waals surface area contributed by atoms with Gasteiger partial charge in [-0.1, -0.05) is 251 Å². The van der Waals surface area contributed by atoms with Crippen LogP contribution in [0, 0.1) is 136 Å². The van der Waals surface area contributed by atoms with Crippen molar-refractivity contribution >= 4 is 0 Å². The highest BCUT2D eigenvalue weighted by atomic mass is 15.0. The summed E-state index contributed by atoms with van der Waals surface area (Å²) in [4.78, 5) is 0. The molecule has 133 heavy (non-hydrogen) atoms. The second-order valence-electron chi connectivity index (χ2n) is 38.0. The molecule has 10 aromatic carbocycles. The first-order valence-electron chi connectivity index (χ1n) is 50.1. The van der Waals surface area contributed by atoms with Gasteiger partial charge in [0.2, 0.25) is 34.2 Å². The first kappa shape index (κ1) is 92.0. The van der Waals surface area contributed by atoms with Crippen LogP contribution < -0.4 is 27.4 Å². The monoisotopic (exact) mass is 1760 g/mol. The summed E-state index contributed by atoms with van der Waals surface area (Å²) < 4.78 is 48.5. The molecule has 6 heterocycles. The quantitative estimate of drug-likeness (QED) is 0.0969. The minimum Gasteiger partial charge on any atom is -0.201 e. The summed E-state index contributed by atoms with van der Waals surface area (Å²) in [7, 11) is 12.6. The topological polar surface area (TPSA) is 23.3 Å². The lowest BCUT2D eigenvalue weighted by Gasteiger charge is -2.22. The molecule has 0 unspecified atom stereocenters. The Morgan fingerprint density at radius 2 is 0.459 bits per heavy atom. The molecule has 2 aliphatic carbocycles. The summed E-state index contributed by atoms with van der Waals surface area (Å²) in [5, 5.41) is 0. The van der Waals surface area contributed by atoms with Crippen LogP contribution in [0.3, 0.4) is 0 Å². The Kier molecular flexibility index (Phi) is 31.1. The van der Waals surface area contributed by atoms with E-state index in [1.165, 1.54) is 196 Å². The molecule has 2 fully saturated rings. The predicted octanol–water partition coefficient (Wildman–Crippen LogP) is 29.1. The van der Waals surface area contributed by atoms with Crippen LogP contribution in [0.1, 0.15) is 175 Å². The Morgan fingerprint density at radius 1 is 0.203 bits per heavy atom. The van der Waals surface area contributed by atoms with Crippen molar-refractivity contribution < 1.29 is 32.9 Å². The van der Waals surface area contributed by atoms with Gasteiger partial charge in [-0.2, -0.15) is 0 Å². The van der Waals surface area contributed by atoms with Gasteiger partial charge in [-0.25, -0.2) is 27.4 Å². The standard InChI is InChI=1S/C23H26N.2C22H24N.C21H22N.C20H26N.C19H24N/c1-15-11-18(4)22(19(5)12-15)21-13-16(2)14-24(6)23(21)20-10-8-7-9-17(20)3;1-15-13-20(21-17(3)10-8-11-18(21)4)22(23(5)14-15)19-12-7-6-9-16(19)2;1-15-10-11-19(18(4)12-15)21-13-16(2)14-23(5)22(21)20-9-7-6-8-17(20)3;1-15-13-20(18-11-7-5-9-16(18)2)21(22(4)14-15)19-12-8-6-10-17(19)3;1-16-9-6-7-13-19(16)20-18(12-8-14-21(20)2)15-17-10-4-3-5-11-17;1-15-8-3-6-12-18(15)19-17(11-7-13-20(19)2)14-16-9-4-5-10-16/h7-14H,1-6H3;2*6-14H,1-5H3;5-14H,1-4H3;6-9,12-14,17H,3-5,10-11,15H2,1-2H3;3,6-8,11-13,16H,4-5,9-10,14H2,1-2H3/q6*+1/i;;;;15D2;14D2. The Balaban J connectivity index is 0.000000139. The van der Waals surface area contributed by atoms with Crippen molar-refractivity contribution in [2.45, 2.75) is 195 Å². The van der Waals surface area contributed by atoms with E-state index < -0.39 is 12.7 Å². The molecule has 0 atom stereocenters. The maximum Gasteiger partial charge on any atom is 0.220 e. The largest absolute Gasteiger partial charge is 0.220 e. The molecule has 6 aromatic heterocycles. The van der Waals surface area contributed by atoms with Gasteiger partial charge in [0.15, 0.2) is 37.2 Å². The second kappa shape index (κ2) is 45.0. The van der Waals surface area contributed by atoms with Gasteiger partial charge in [0, 0.05) is 84.4 Å². The van der Waals surface area contributed by atoms with Crippen LogP contribution in [0.25, 0.3) is 112 Å². The second-order valence-corrected chi connectivity index (χ2v) is 38.0. The molecule has 18 rings (SSSR count). The molecule has 2 saturated carbocycles. The Labute approximate surface area is 804 Å². The number of aryl methyl sites for hydroxylation is 24. The Morgan fingerprint density at radius 3 is 0.774 bits per heavy atom. The first-order chi connectivity index (χ1) is 65.4.